The van der Waals surface area contributed by atoms with Gasteiger partial charge in [0.2, 0.25) is 11.9 Å². The van der Waals surface area contributed by atoms with Crippen molar-refractivity contribution in [1.82, 2.24) is 29.9 Å². The minimum absolute atomic E-state index is 0.0503. The van der Waals surface area contributed by atoms with Crippen LogP contribution in [0.4, 0.5) is 11.9 Å². The first kappa shape index (κ1) is 30.4. The van der Waals surface area contributed by atoms with Crippen LogP contribution in [0, 0.1) is 0 Å². The van der Waals surface area contributed by atoms with Gasteiger partial charge in [-0.15, -0.1) is 0 Å². The average molecular weight is 603 g/mol. The van der Waals surface area contributed by atoms with E-state index in [2.05, 4.69) is 79.6 Å². The summed E-state index contributed by atoms with van der Waals surface area (Å²) in [6.45, 7) is 15.7. The second kappa shape index (κ2) is 12.4. The van der Waals surface area contributed by atoms with Gasteiger partial charge in [0.15, 0.2) is 11.4 Å². The van der Waals surface area contributed by atoms with E-state index in [9.17, 15) is 4.79 Å². The number of hydrogen-bond acceptors (Lipinski definition) is 8. The first-order chi connectivity index (χ1) is 21.6. The minimum Gasteiger partial charge on any atom is -0.350 e. The van der Waals surface area contributed by atoms with E-state index in [1.807, 2.05) is 36.7 Å². The number of fused-ring (bicyclic) bond motifs is 2. The van der Waals surface area contributed by atoms with Gasteiger partial charge in [0, 0.05) is 53.8 Å². The molecule has 1 atom stereocenters. The molecule has 0 radical (unpaired) electrons. The summed E-state index contributed by atoms with van der Waals surface area (Å²) in [5.74, 6) is 1.55. The van der Waals surface area contributed by atoms with Crippen LogP contribution < -0.4 is 16.0 Å². The molecule has 0 spiro atoms. The Hall–Kier alpha value is -4.63. The second-order valence-corrected chi connectivity index (χ2v) is 13.1. The summed E-state index contributed by atoms with van der Waals surface area (Å²) in [5, 5.41) is 17.5. The lowest BCUT2D eigenvalue weighted by atomic mass is 9.91. The number of carbonyl (C=O) groups is 1. The van der Waals surface area contributed by atoms with Gasteiger partial charge >= 0.3 is 0 Å². The molecule has 1 saturated heterocycles. The molecule has 9 nitrogen and oxygen atoms in total. The molecule has 1 unspecified atom stereocenters. The smallest absolute Gasteiger partial charge is 0.229 e. The molecule has 3 N–H and O–H groups in total. The normalized spacial score (nSPS) is 16.3. The Morgan fingerprint density at radius 3 is 2.73 bits per heavy atom. The Bertz CT molecular complexity index is 1880. The number of piperidine rings is 1. The number of carbonyl (C=O) groups excluding carboxylic acids is 1. The Balaban J connectivity index is 1.30. The highest BCUT2D eigenvalue weighted by Crippen LogP contribution is 2.31. The van der Waals surface area contributed by atoms with Crippen LogP contribution in [-0.2, 0) is 17.8 Å². The maximum Gasteiger partial charge on any atom is 0.229 e. The Labute approximate surface area is 264 Å². The van der Waals surface area contributed by atoms with Gasteiger partial charge in [-0.2, -0.15) is 19.6 Å². The molecule has 45 heavy (non-hydrogen) atoms. The van der Waals surface area contributed by atoms with E-state index in [-0.39, 0.29) is 23.3 Å². The Morgan fingerprint density at radius 1 is 1.16 bits per heavy atom. The van der Waals surface area contributed by atoms with Crippen molar-refractivity contribution in [2.75, 3.05) is 17.2 Å². The zero-order chi connectivity index (χ0) is 31.7. The fourth-order valence-electron chi connectivity index (χ4n) is 5.88. The summed E-state index contributed by atoms with van der Waals surface area (Å²) in [5.41, 5.74) is 6.57. The van der Waals surface area contributed by atoms with Crippen molar-refractivity contribution < 1.29 is 4.79 Å². The van der Waals surface area contributed by atoms with Gasteiger partial charge in [-0.1, -0.05) is 62.9 Å². The van der Waals surface area contributed by atoms with E-state index in [0.29, 0.717) is 30.4 Å². The number of nitrogens with one attached hydrogen (secondary N) is 3. The number of hydrogen-bond donors (Lipinski definition) is 3. The molecule has 0 aliphatic carbocycles. The van der Waals surface area contributed by atoms with E-state index in [0.717, 1.165) is 63.8 Å². The molecule has 4 heterocycles. The van der Waals surface area contributed by atoms with Gasteiger partial charge in [-0.05, 0) is 67.7 Å². The quantitative estimate of drug-likeness (QED) is 0.152. The van der Waals surface area contributed by atoms with Crippen LogP contribution in [0.15, 0.2) is 73.1 Å². The van der Waals surface area contributed by atoms with Crippen LogP contribution in [0.3, 0.4) is 0 Å². The summed E-state index contributed by atoms with van der Waals surface area (Å²) in [7, 11) is 0. The van der Waals surface area contributed by atoms with Crippen LogP contribution >= 0.6 is 0 Å². The Kier molecular flexibility index (Phi) is 8.38. The zero-order valence-corrected chi connectivity index (χ0v) is 26.8. The van der Waals surface area contributed by atoms with Crippen LogP contribution in [0.2, 0.25) is 0 Å². The van der Waals surface area contributed by atoms with Crippen LogP contribution in [0.1, 0.15) is 70.1 Å². The molecule has 2 aromatic carbocycles. The maximum absolute atomic E-state index is 12.3. The van der Waals surface area contributed by atoms with Crippen molar-refractivity contribution in [3.05, 3.63) is 89.8 Å². The zero-order valence-electron chi connectivity index (χ0n) is 26.8. The summed E-state index contributed by atoms with van der Waals surface area (Å²) in [4.78, 5) is 26.9. The predicted molar refractivity (Wildman–Crippen MR) is 182 cm³/mol. The first-order valence-corrected chi connectivity index (χ1v) is 15.7. The number of aromatic nitrogens is 5. The second-order valence-electron chi connectivity index (χ2n) is 13.1. The van der Waals surface area contributed by atoms with E-state index in [1.165, 1.54) is 0 Å². The number of nitrogens with zero attached hydrogens (tertiary/aromatic N) is 5. The molecule has 6 rings (SSSR count). The molecule has 1 aliphatic heterocycles. The third-order valence-electron chi connectivity index (χ3n) is 8.67. The van der Waals surface area contributed by atoms with Crippen LogP contribution in [0.5, 0.6) is 0 Å². The largest absolute Gasteiger partial charge is 0.350 e. The lowest BCUT2D eigenvalue weighted by Gasteiger charge is -2.36. The maximum atomic E-state index is 12.3. The number of allylic oxidation sites excluding steroid dienone is 1. The Morgan fingerprint density at radius 2 is 1.98 bits per heavy atom. The van der Waals surface area contributed by atoms with E-state index < -0.39 is 0 Å². The molecule has 5 aromatic rings. The van der Waals surface area contributed by atoms with E-state index in [1.54, 1.807) is 11.4 Å². The van der Waals surface area contributed by atoms with E-state index in [4.69, 9.17) is 15.0 Å². The summed E-state index contributed by atoms with van der Waals surface area (Å²) in [6.07, 6.45) is 6.19. The summed E-state index contributed by atoms with van der Waals surface area (Å²) < 4.78 is 1.80. The summed E-state index contributed by atoms with van der Waals surface area (Å²) in [6, 6.07) is 16.7. The third-order valence-corrected chi connectivity index (χ3v) is 8.67. The number of benzene rings is 2. The van der Waals surface area contributed by atoms with Gasteiger partial charge in [-0.25, -0.2) is 0 Å². The lowest BCUT2D eigenvalue weighted by molar-refractivity contribution is -0.114. The SMILES string of the molecule is C=C(C)C(=O)Cc1ccc2c(-c3ccccc3CNc3nc(NC4CCC(C)(C)NC4)nc4c(C(C)C)cnn34)nccc2c1. The fraction of sp³-hybridized carbons (Fsp3) is 0.361. The highest BCUT2D eigenvalue weighted by Gasteiger charge is 2.27. The molecule has 3 aromatic heterocycles. The molecule has 9 heteroatoms. The molecule has 232 valence electrons. The standard InChI is InChI=1S/C36H42N8O/c1-22(2)30-21-40-44-33(30)42-34(41-27-13-15-36(5,6)39-20-27)43-35(44)38-19-26-9-7-8-10-28(26)32-29-12-11-24(18-31(45)23(3)4)17-25(29)14-16-37-32/h7-12,14,16-17,21-22,27,39H,3,13,15,18-20H2,1-2,4-6H3,(H2,38,41,42,43). The minimum atomic E-state index is 0.0503. The molecule has 0 amide bonds. The van der Waals surface area contributed by atoms with Crippen molar-refractivity contribution in [2.24, 2.45) is 0 Å². The van der Waals surface area contributed by atoms with Crippen LogP contribution in [0.25, 0.3) is 27.7 Å². The molecule has 1 aliphatic rings. The van der Waals surface area contributed by atoms with Gasteiger partial charge in [0.05, 0.1) is 11.9 Å². The monoisotopic (exact) mass is 602 g/mol. The number of pyridine rings is 1. The lowest BCUT2D eigenvalue weighted by Crippen LogP contribution is -2.50. The highest BCUT2D eigenvalue weighted by atomic mass is 16.1. The first-order valence-electron chi connectivity index (χ1n) is 15.7. The third kappa shape index (κ3) is 6.59. The predicted octanol–water partition coefficient (Wildman–Crippen LogP) is 6.71. The van der Waals surface area contributed by atoms with Crippen molar-refractivity contribution in [3.63, 3.8) is 0 Å². The molecule has 0 saturated carbocycles. The topological polar surface area (TPSA) is 109 Å². The van der Waals surface area contributed by atoms with Crippen LogP contribution in [-0.4, -0.2) is 48.5 Å². The van der Waals surface area contributed by atoms with Crippen molar-refractivity contribution in [2.45, 2.75) is 77.9 Å². The van der Waals surface area contributed by atoms with Gasteiger partial charge in [-0.3, -0.25) is 9.78 Å². The fourth-order valence-corrected chi connectivity index (χ4v) is 5.88. The summed E-state index contributed by atoms with van der Waals surface area (Å²) >= 11 is 0. The van der Waals surface area contributed by atoms with Gasteiger partial charge in [0.1, 0.15) is 0 Å². The number of rotatable bonds is 10. The molecule has 1 fully saturated rings. The van der Waals surface area contributed by atoms with Crippen molar-refractivity contribution in [1.29, 1.82) is 0 Å². The molecular weight excluding hydrogens is 560 g/mol. The van der Waals surface area contributed by atoms with Gasteiger partial charge < -0.3 is 16.0 Å². The number of Topliss-reactive ketones (excluding diaryl/α,β-unsaturated/α-hetero) is 1. The van der Waals surface area contributed by atoms with Gasteiger partial charge in [0.25, 0.3) is 0 Å². The highest BCUT2D eigenvalue weighted by molar-refractivity contribution is 5.98. The molecule has 0 bridgehead atoms. The number of anilines is 2. The molecular formula is C36H42N8O. The van der Waals surface area contributed by atoms with Crippen molar-refractivity contribution in [3.8, 4) is 11.3 Å². The number of ketones is 1. The average Bonchev–Trinajstić information content (AvgIpc) is 3.45. The van der Waals surface area contributed by atoms with Crippen molar-refractivity contribution >= 4 is 34.1 Å². The van der Waals surface area contributed by atoms with E-state index >= 15 is 0 Å².